The Morgan fingerprint density at radius 1 is 1.41 bits per heavy atom. The predicted octanol–water partition coefficient (Wildman–Crippen LogP) is 2.29. The van der Waals surface area contributed by atoms with E-state index >= 15 is 0 Å². The van der Waals surface area contributed by atoms with Crippen molar-refractivity contribution in [1.82, 2.24) is 15.0 Å². The van der Waals surface area contributed by atoms with Crippen molar-refractivity contribution in [1.29, 1.82) is 0 Å². The van der Waals surface area contributed by atoms with Gasteiger partial charge in [0.1, 0.15) is 17.1 Å². The standard InChI is InChI=1S/C11H11ClFN3O/c1-11(2,17)10-6-16(15-14-10)9-4-3-7(13)5-8(9)12/h3-6,17H,1-2H3. The summed E-state index contributed by atoms with van der Waals surface area (Å²) in [5.74, 6) is -0.415. The molecule has 0 spiro atoms. The lowest BCUT2D eigenvalue weighted by Crippen LogP contribution is -2.15. The first-order valence-electron chi connectivity index (χ1n) is 4.98. The molecule has 2 rings (SSSR count). The number of nitrogens with zero attached hydrogens (tertiary/aromatic N) is 3. The maximum Gasteiger partial charge on any atom is 0.124 e. The molecule has 0 saturated carbocycles. The van der Waals surface area contributed by atoms with Gasteiger partial charge in [0, 0.05) is 0 Å². The van der Waals surface area contributed by atoms with Gasteiger partial charge in [-0.15, -0.1) is 5.10 Å². The molecule has 0 aliphatic heterocycles. The summed E-state index contributed by atoms with van der Waals surface area (Å²) in [6.07, 6.45) is 1.55. The Bertz CT molecular complexity index is 548. The Morgan fingerprint density at radius 2 is 2.12 bits per heavy atom. The minimum Gasteiger partial charge on any atom is -0.384 e. The number of aliphatic hydroxyl groups is 1. The van der Waals surface area contributed by atoms with Crippen LogP contribution in [0.3, 0.4) is 0 Å². The second-order valence-electron chi connectivity index (χ2n) is 4.20. The Labute approximate surface area is 103 Å². The van der Waals surface area contributed by atoms with Gasteiger partial charge in [0.25, 0.3) is 0 Å². The number of benzene rings is 1. The molecular formula is C11H11ClFN3O. The lowest BCUT2D eigenvalue weighted by atomic mass is 10.1. The van der Waals surface area contributed by atoms with E-state index in [1.807, 2.05) is 0 Å². The van der Waals surface area contributed by atoms with Crippen molar-refractivity contribution in [3.8, 4) is 5.69 Å². The molecule has 1 aromatic carbocycles. The van der Waals surface area contributed by atoms with Gasteiger partial charge in [0.15, 0.2) is 0 Å². The molecule has 0 aliphatic rings. The topological polar surface area (TPSA) is 50.9 Å². The Hall–Kier alpha value is -1.46. The zero-order valence-electron chi connectivity index (χ0n) is 9.35. The molecule has 2 aromatic rings. The number of aromatic nitrogens is 3. The van der Waals surface area contributed by atoms with Crippen LogP contribution in [0, 0.1) is 5.82 Å². The van der Waals surface area contributed by atoms with Crippen LogP contribution in [0.5, 0.6) is 0 Å². The second-order valence-corrected chi connectivity index (χ2v) is 4.61. The van der Waals surface area contributed by atoms with Crippen LogP contribution in [0.2, 0.25) is 5.02 Å². The maximum atomic E-state index is 12.9. The van der Waals surface area contributed by atoms with Gasteiger partial charge in [0.05, 0.1) is 16.9 Å². The molecule has 17 heavy (non-hydrogen) atoms. The maximum absolute atomic E-state index is 12.9. The van der Waals surface area contributed by atoms with Gasteiger partial charge in [-0.1, -0.05) is 16.8 Å². The minimum atomic E-state index is -1.08. The fourth-order valence-corrected chi connectivity index (χ4v) is 1.58. The highest BCUT2D eigenvalue weighted by molar-refractivity contribution is 6.32. The van der Waals surface area contributed by atoms with E-state index in [9.17, 15) is 9.50 Å². The van der Waals surface area contributed by atoms with E-state index in [0.29, 0.717) is 11.4 Å². The van der Waals surface area contributed by atoms with Crippen LogP contribution >= 0.6 is 11.6 Å². The van der Waals surface area contributed by atoms with Crippen molar-refractivity contribution < 1.29 is 9.50 Å². The van der Waals surface area contributed by atoms with Gasteiger partial charge in [-0.3, -0.25) is 0 Å². The van der Waals surface area contributed by atoms with Crippen molar-refractivity contribution >= 4 is 11.6 Å². The van der Waals surface area contributed by atoms with Gasteiger partial charge >= 0.3 is 0 Å². The lowest BCUT2D eigenvalue weighted by Gasteiger charge is -2.11. The molecule has 1 aromatic heterocycles. The van der Waals surface area contributed by atoms with Crippen molar-refractivity contribution in [2.24, 2.45) is 0 Å². The monoisotopic (exact) mass is 255 g/mol. The van der Waals surface area contributed by atoms with Crippen LogP contribution in [0.25, 0.3) is 5.69 Å². The SMILES string of the molecule is CC(C)(O)c1cn(-c2ccc(F)cc2Cl)nn1. The van der Waals surface area contributed by atoms with Crippen molar-refractivity contribution in [2.45, 2.75) is 19.4 Å². The Balaban J connectivity index is 2.44. The van der Waals surface area contributed by atoms with E-state index in [1.165, 1.54) is 22.9 Å². The van der Waals surface area contributed by atoms with E-state index in [0.717, 1.165) is 0 Å². The third-order valence-corrected chi connectivity index (χ3v) is 2.58. The third-order valence-electron chi connectivity index (χ3n) is 2.28. The zero-order valence-corrected chi connectivity index (χ0v) is 10.1. The summed E-state index contributed by atoms with van der Waals surface area (Å²) in [5.41, 5.74) is -0.154. The molecule has 4 nitrogen and oxygen atoms in total. The van der Waals surface area contributed by atoms with Gasteiger partial charge in [-0.05, 0) is 32.0 Å². The molecule has 0 aliphatic carbocycles. The minimum absolute atomic E-state index is 0.234. The number of halogens is 2. The van der Waals surface area contributed by atoms with Crippen LogP contribution in [0.15, 0.2) is 24.4 Å². The van der Waals surface area contributed by atoms with Crippen LogP contribution in [0.1, 0.15) is 19.5 Å². The van der Waals surface area contributed by atoms with Gasteiger partial charge in [0.2, 0.25) is 0 Å². The molecule has 0 amide bonds. The second kappa shape index (κ2) is 4.09. The Morgan fingerprint density at radius 3 is 2.65 bits per heavy atom. The highest BCUT2D eigenvalue weighted by Crippen LogP contribution is 2.23. The average molecular weight is 256 g/mol. The Kier molecular flexibility index (Phi) is 2.89. The summed E-state index contributed by atoms with van der Waals surface area (Å²) in [6, 6.07) is 3.98. The normalized spacial score (nSPS) is 11.8. The van der Waals surface area contributed by atoms with E-state index in [-0.39, 0.29) is 5.02 Å². The first-order valence-corrected chi connectivity index (χ1v) is 5.36. The largest absolute Gasteiger partial charge is 0.384 e. The van der Waals surface area contributed by atoms with Gasteiger partial charge < -0.3 is 5.11 Å². The first-order chi connectivity index (χ1) is 7.88. The van der Waals surface area contributed by atoms with E-state index in [1.54, 1.807) is 20.0 Å². The molecule has 0 bridgehead atoms. The molecule has 0 saturated heterocycles. The van der Waals surface area contributed by atoms with Gasteiger partial charge in [-0.2, -0.15) is 0 Å². The molecule has 0 fully saturated rings. The van der Waals surface area contributed by atoms with Crippen molar-refractivity contribution in [2.75, 3.05) is 0 Å². The highest BCUT2D eigenvalue weighted by atomic mass is 35.5. The molecule has 0 unspecified atom stereocenters. The third kappa shape index (κ3) is 2.45. The van der Waals surface area contributed by atoms with Crippen LogP contribution in [0.4, 0.5) is 4.39 Å². The number of hydrogen-bond donors (Lipinski definition) is 1. The number of rotatable bonds is 2. The summed E-state index contributed by atoms with van der Waals surface area (Å²) in [6.45, 7) is 3.21. The number of hydrogen-bond acceptors (Lipinski definition) is 3. The van der Waals surface area contributed by atoms with Crippen molar-refractivity contribution in [3.63, 3.8) is 0 Å². The smallest absolute Gasteiger partial charge is 0.124 e. The fraction of sp³-hybridized carbons (Fsp3) is 0.273. The molecule has 0 radical (unpaired) electrons. The quantitative estimate of drug-likeness (QED) is 0.896. The highest BCUT2D eigenvalue weighted by Gasteiger charge is 2.20. The zero-order chi connectivity index (χ0) is 12.6. The van der Waals surface area contributed by atoms with Gasteiger partial charge in [-0.25, -0.2) is 9.07 Å². The fourth-order valence-electron chi connectivity index (χ4n) is 1.33. The van der Waals surface area contributed by atoms with E-state index < -0.39 is 11.4 Å². The van der Waals surface area contributed by atoms with Crippen LogP contribution < -0.4 is 0 Å². The van der Waals surface area contributed by atoms with Crippen molar-refractivity contribution in [3.05, 3.63) is 40.9 Å². The average Bonchev–Trinajstić information content (AvgIpc) is 2.65. The first kappa shape index (κ1) is 12.0. The lowest BCUT2D eigenvalue weighted by molar-refractivity contribution is 0.0737. The van der Waals surface area contributed by atoms with E-state index in [2.05, 4.69) is 10.3 Å². The molecule has 6 heteroatoms. The van der Waals surface area contributed by atoms with Crippen LogP contribution in [-0.2, 0) is 5.60 Å². The predicted molar refractivity (Wildman–Crippen MR) is 61.6 cm³/mol. The summed E-state index contributed by atoms with van der Waals surface area (Å²) in [5, 5.41) is 17.7. The summed E-state index contributed by atoms with van der Waals surface area (Å²) in [7, 11) is 0. The summed E-state index contributed by atoms with van der Waals surface area (Å²) in [4.78, 5) is 0. The summed E-state index contributed by atoms with van der Waals surface area (Å²) < 4.78 is 14.3. The molecule has 0 atom stereocenters. The molecule has 1 heterocycles. The molecule has 90 valence electrons. The molecule has 1 N–H and O–H groups in total. The molecular weight excluding hydrogens is 245 g/mol. The summed E-state index contributed by atoms with van der Waals surface area (Å²) >= 11 is 5.90. The van der Waals surface area contributed by atoms with Crippen LogP contribution in [-0.4, -0.2) is 20.1 Å². The van der Waals surface area contributed by atoms with E-state index in [4.69, 9.17) is 11.6 Å².